The summed E-state index contributed by atoms with van der Waals surface area (Å²) >= 11 is 5.82. The summed E-state index contributed by atoms with van der Waals surface area (Å²) in [6.07, 6.45) is 0. The Morgan fingerprint density at radius 3 is 2.72 bits per heavy atom. The van der Waals surface area contributed by atoms with E-state index in [0.29, 0.717) is 27.5 Å². The maximum atomic E-state index is 13.4. The number of nitrogens with one attached hydrogen (secondary N) is 1. The van der Waals surface area contributed by atoms with E-state index in [4.69, 9.17) is 16.9 Å². The van der Waals surface area contributed by atoms with E-state index < -0.39 is 0 Å². The molecule has 0 heterocycles. The molecule has 4 heteroatoms. The van der Waals surface area contributed by atoms with E-state index in [1.807, 2.05) is 0 Å². The van der Waals surface area contributed by atoms with Crippen LogP contribution in [-0.4, -0.2) is 0 Å². The third kappa shape index (κ3) is 2.44. The summed E-state index contributed by atoms with van der Waals surface area (Å²) in [4.78, 5) is 0. The van der Waals surface area contributed by atoms with E-state index in [0.717, 1.165) is 0 Å². The van der Waals surface area contributed by atoms with E-state index in [1.165, 1.54) is 6.07 Å². The van der Waals surface area contributed by atoms with Crippen molar-refractivity contribution in [2.24, 2.45) is 0 Å². The molecule has 1 N–H and O–H groups in total. The summed E-state index contributed by atoms with van der Waals surface area (Å²) in [5.74, 6) is -0.285. The van der Waals surface area contributed by atoms with Crippen molar-refractivity contribution in [3.63, 3.8) is 0 Å². The van der Waals surface area contributed by atoms with Gasteiger partial charge in [-0.3, -0.25) is 0 Å². The second-order valence-corrected chi connectivity index (χ2v) is 4.28. The highest BCUT2D eigenvalue weighted by molar-refractivity contribution is 6.30. The van der Waals surface area contributed by atoms with Gasteiger partial charge < -0.3 is 5.32 Å². The highest BCUT2D eigenvalue weighted by Gasteiger charge is 2.07. The summed E-state index contributed by atoms with van der Waals surface area (Å²) < 4.78 is 13.4. The first-order valence-corrected chi connectivity index (χ1v) is 5.71. The average Bonchev–Trinajstić information content (AvgIpc) is 2.37. The van der Waals surface area contributed by atoms with Gasteiger partial charge in [0.1, 0.15) is 11.9 Å². The second-order valence-electron chi connectivity index (χ2n) is 3.84. The van der Waals surface area contributed by atoms with Gasteiger partial charge in [-0.1, -0.05) is 17.7 Å². The first-order valence-electron chi connectivity index (χ1n) is 5.33. The maximum Gasteiger partial charge on any atom is 0.128 e. The SMILES string of the molecule is Cc1c(F)cccc1Nc1ccc(Cl)cc1C#N. The Hall–Kier alpha value is -2.05. The molecular weight excluding hydrogens is 251 g/mol. The van der Waals surface area contributed by atoms with Gasteiger partial charge in [0.25, 0.3) is 0 Å². The topological polar surface area (TPSA) is 35.8 Å². The maximum absolute atomic E-state index is 13.4. The first kappa shape index (κ1) is 12.4. The number of hydrogen-bond donors (Lipinski definition) is 1. The summed E-state index contributed by atoms with van der Waals surface area (Å²) in [6.45, 7) is 1.68. The number of hydrogen-bond acceptors (Lipinski definition) is 2. The molecule has 2 aromatic carbocycles. The summed E-state index contributed by atoms with van der Waals surface area (Å²) in [6, 6.07) is 11.8. The van der Waals surface area contributed by atoms with Crippen LogP contribution in [0.25, 0.3) is 0 Å². The van der Waals surface area contributed by atoms with Crippen molar-refractivity contribution in [3.8, 4) is 6.07 Å². The molecule has 90 valence electrons. The van der Waals surface area contributed by atoms with E-state index in [-0.39, 0.29) is 5.82 Å². The minimum Gasteiger partial charge on any atom is -0.354 e. The zero-order chi connectivity index (χ0) is 13.1. The fourth-order valence-corrected chi connectivity index (χ4v) is 1.78. The molecule has 0 aliphatic heterocycles. The van der Waals surface area contributed by atoms with Crippen molar-refractivity contribution in [1.29, 1.82) is 5.26 Å². The van der Waals surface area contributed by atoms with Crippen LogP contribution in [0.1, 0.15) is 11.1 Å². The van der Waals surface area contributed by atoms with E-state index in [9.17, 15) is 4.39 Å². The molecular formula is C14H10ClFN2. The fraction of sp³-hybridized carbons (Fsp3) is 0.0714. The van der Waals surface area contributed by atoms with Crippen LogP contribution in [0.2, 0.25) is 5.02 Å². The predicted molar refractivity (Wildman–Crippen MR) is 70.6 cm³/mol. The summed E-state index contributed by atoms with van der Waals surface area (Å²) in [7, 11) is 0. The number of nitriles is 1. The third-order valence-electron chi connectivity index (χ3n) is 2.64. The van der Waals surface area contributed by atoms with Gasteiger partial charge in [-0.25, -0.2) is 4.39 Å². The molecule has 0 aromatic heterocycles. The minimum absolute atomic E-state index is 0.285. The molecule has 0 saturated carbocycles. The van der Waals surface area contributed by atoms with Crippen molar-refractivity contribution >= 4 is 23.0 Å². The normalized spacial score (nSPS) is 9.89. The Kier molecular flexibility index (Phi) is 3.50. The molecule has 18 heavy (non-hydrogen) atoms. The number of benzene rings is 2. The van der Waals surface area contributed by atoms with Gasteiger partial charge in [-0.05, 0) is 37.3 Å². The lowest BCUT2D eigenvalue weighted by Gasteiger charge is -2.11. The molecule has 0 amide bonds. The quantitative estimate of drug-likeness (QED) is 0.869. The number of nitrogens with zero attached hydrogens (tertiary/aromatic N) is 1. The van der Waals surface area contributed by atoms with Crippen LogP contribution < -0.4 is 5.32 Å². The molecule has 0 aliphatic carbocycles. The Balaban J connectivity index is 2.41. The van der Waals surface area contributed by atoms with Gasteiger partial charge >= 0.3 is 0 Å². The lowest BCUT2D eigenvalue weighted by molar-refractivity contribution is 0.619. The second kappa shape index (κ2) is 5.07. The fourth-order valence-electron chi connectivity index (χ4n) is 1.61. The zero-order valence-electron chi connectivity index (χ0n) is 9.67. The van der Waals surface area contributed by atoms with Crippen LogP contribution in [0.5, 0.6) is 0 Å². The van der Waals surface area contributed by atoms with Crippen molar-refractivity contribution < 1.29 is 4.39 Å². The van der Waals surface area contributed by atoms with Crippen LogP contribution in [0.15, 0.2) is 36.4 Å². The zero-order valence-corrected chi connectivity index (χ0v) is 10.4. The van der Waals surface area contributed by atoms with E-state index in [1.54, 1.807) is 37.3 Å². The number of halogens is 2. The van der Waals surface area contributed by atoms with Crippen molar-refractivity contribution in [2.75, 3.05) is 5.32 Å². The molecule has 0 aliphatic rings. The molecule has 0 bridgehead atoms. The highest BCUT2D eigenvalue weighted by Crippen LogP contribution is 2.26. The molecule has 0 spiro atoms. The lowest BCUT2D eigenvalue weighted by Crippen LogP contribution is -1.97. The van der Waals surface area contributed by atoms with Crippen LogP contribution in [0.3, 0.4) is 0 Å². The van der Waals surface area contributed by atoms with Crippen LogP contribution >= 0.6 is 11.6 Å². The Bertz CT molecular complexity index is 632. The Labute approximate surface area is 110 Å². The van der Waals surface area contributed by atoms with Crippen molar-refractivity contribution in [2.45, 2.75) is 6.92 Å². The van der Waals surface area contributed by atoms with Gasteiger partial charge in [0, 0.05) is 16.3 Å². The van der Waals surface area contributed by atoms with Gasteiger partial charge in [0.15, 0.2) is 0 Å². The van der Waals surface area contributed by atoms with Crippen LogP contribution in [0, 0.1) is 24.1 Å². The molecule has 0 radical (unpaired) electrons. The lowest BCUT2D eigenvalue weighted by atomic mass is 10.1. The largest absolute Gasteiger partial charge is 0.354 e. The molecule has 2 rings (SSSR count). The molecule has 0 atom stereocenters. The van der Waals surface area contributed by atoms with Gasteiger partial charge in [0.05, 0.1) is 11.3 Å². The van der Waals surface area contributed by atoms with Crippen LogP contribution in [-0.2, 0) is 0 Å². The van der Waals surface area contributed by atoms with Gasteiger partial charge in [-0.15, -0.1) is 0 Å². The predicted octanol–water partition coefficient (Wildman–Crippen LogP) is 4.40. The first-order chi connectivity index (χ1) is 8.61. The van der Waals surface area contributed by atoms with Gasteiger partial charge in [0.2, 0.25) is 0 Å². The monoisotopic (exact) mass is 260 g/mol. The Morgan fingerprint density at radius 2 is 2.00 bits per heavy atom. The van der Waals surface area contributed by atoms with E-state index >= 15 is 0 Å². The standard InChI is InChI=1S/C14H10ClFN2/c1-9-12(16)3-2-4-13(9)18-14-6-5-11(15)7-10(14)8-17/h2-7,18H,1H3. The molecule has 0 unspecified atom stereocenters. The summed E-state index contributed by atoms with van der Waals surface area (Å²) in [5.41, 5.74) is 2.17. The smallest absolute Gasteiger partial charge is 0.128 e. The molecule has 2 nitrogen and oxygen atoms in total. The van der Waals surface area contributed by atoms with Crippen LogP contribution in [0.4, 0.5) is 15.8 Å². The number of anilines is 2. The highest BCUT2D eigenvalue weighted by atomic mass is 35.5. The minimum atomic E-state index is -0.285. The Morgan fingerprint density at radius 1 is 1.22 bits per heavy atom. The van der Waals surface area contributed by atoms with Crippen molar-refractivity contribution in [1.82, 2.24) is 0 Å². The average molecular weight is 261 g/mol. The van der Waals surface area contributed by atoms with Crippen molar-refractivity contribution in [3.05, 3.63) is 58.4 Å². The van der Waals surface area contributed by atoms with Gasteiger partial charge in [-0.2, -0.15) is 5.26 Å². The summed E-state index contributed by atoms with van der Waals surface area (Å²) in [5, 5.41) is 12.6. The number of rotatable bonds is 2. The molecule has 0 saturated heterocycles. The molecule has 0 fully saturated rings. The molecule has 2 aromatic rings. The van der Waals surface area contributed by atoms with E-state index in [2.05, 4.69) is 11.4 Å². The third-order valence-corrected chi connectivity index (χ3v) is 2.87.